The van der Waals surface area contributed by atoms with Gasteiger partial charge in [-0.25, -0.2) is 4.99 Å². The molecule has 1 aliphatic rings. The first-order valence-electron chi connectivity index (χ1n) is 7.78. The molecule has 1 heterocycles. The molecule has 5 heteroatoms. The second-order valence-electron chi connectivity index (χ2n) is 5.87. The van der Waals surface area contributed by atoms with Crippen molar-refractivity contribution >= 4 is 17.7 Å². The van der Waals surface area contributed by atoms with E-state index in [1.807, 2.05) is 31.9 Å². The number of thioether (sulfide) groups is 1. The third kappa shape index (κ3) is 4.92. The topological polar surface area (TPSA) is 36.9 Å². The van der Waals surface area contributed by atoms with E-state index >= 15 is 0 Å². The average molecular weight is 321 g/mol. The highest BCUT2D eigenvalue weighted by molar-refractivity contribution is 8.00. The molecule has 0 aliphatic carbocycles. The molecule has 2 rings (SSSR count). The van der Waals surface area contributed by atoms with Gasteiger partial charge in [-0.15, -0.1) is 0 Å². The van der Waals surface area contributed by atoms with Gasteiger partial charge >= 0.3 is 0 Å². The Morgan fingerprint density at radius 3 is 2.55 bits per heavy atom. The largest absolute Gasteiger partial charge is 0.381 e. The summed E-state index contributed by atoms with van der Waals surface area (Å²) in [7, 11) is 4.07. The normalized spacial score (nSPS) is 18.0. The van der Waals surface area contributed by atoms with E-state index in [0.29, 0.717) is 6.54 Å². The highest BCUT2D eigenvalue weighted by Gasteiger charge is 2.31. The van der Waals surface area contributed by atoms with E-state index in [-0.39, 0.29) is 4.75 Å². The van der Waals surface area contributed by atoms with Gasteiger partial charge in [0.1, 0.15) is 0 Å². The first-order valence-corrected chi connectivity index (χ1v) is 9.00. The van der Waals surface area contributed by atoms with Gasteiger partial charge in [0.25, 0.3) is 0 Å². The van der Waals surface area contributed by atoms with Crippen molar-refractivity contribution in [2.24, 2.45) is 4.99 Å². The molecule has 0 radical (unpaired) electrons. The number of aliphatic imine (C=N–C) groups is 1. The van der Waals surface area contributed by atoms with Crippen LogP contribution in [-0.4, -0.2) is 55.7 Å². The minimum Gasteiger partial charge on any atom is -0.381 e. The van der Waals surface area contributed by atoms with E-state index in [0.717, 1.165) is 38.6 Å². The Morgan fingerprint density at radius 2 is 1.95 bits per heavy atom. The molecule has 1 saturated heterocycles. The van der Waals surface area contributed by atoms with E-state index in [1.165, 1.54) is 5.56 Å². The summed E-state index contributed by atoms with van der Waals surface area (Å²) in [6.45, 7) is 3.36. The van der Waals surface area contributed by atoms with Crippen LogP contribution in [0.25, 0.3) is 0 Å². The van der Waals surface area contributed by atoms with E-state index in [1.54, 1.807) is 0 Å². The average Bonchev–Trinajstić information content (AvgIpc) is 2.56. The van der Waals surface area contributed by atoms with Crippen LogP contribution in [0.3, 0.4) is 0 Å². The second kappa shape index (κ2) is 8.44. The Balaban J connectivity index is 1.96. The molecule has 0 amide bonds. The number of hydrogen-bond donors (Lipinski definition) is 1. The van der Waals surface area contributed by atoms with Crippen LogP contribution in [0.4, 0.5) is 0 Å². The zero-order valence-corrected chi connectivity index (χ0v) is 14.7. The van der Waals surface area contributed by atoms with Gasteiger partial charge in [-0.3, -0.25) is 0 Å². The lowest BCUT2D eigenvalue weighted by molar-refractivity contribution is 0.0782. The minimum absolute atomic E-state index is 0.266. The monoisotopic (exact) mass is 321 g/mol. The molecule has 0 spiro atoms. The lowest BCUT2D eigenvalue weighted by Crippen LogP contribution is -2.47. The Bertz CT molecular complexity index is 470. The molecule has 1 N–H and O–H groups in total. The maximum absolute atomic E-state index is 5.50. The van der Waals surface area contributed by atoms with Gasteiger partial charge in [0, 0.05) is 38.6 Å². The standard InChI is InChI=1S/C17H27N3OS/c1-20(2)16(18-13-15-7-5-4-6-8-15)19-14-17(22-3)9-11-21-12-10-17/h4-8H,9-14H2,1-3H3,(H,18,19). The fraction of sp³-hybridized carbons (Fsp3) is 0.588. The van der Waals surface area contributed by atoms with Crippen LogP contribution >= 0.6 is 11.8 Å². The van der Waals surface area contributed by atoms with Gasteiger partial charge < -0.3 is 15.0 Å². The van der Waals surface area contributed by atoms with Crippen LogP contribution in [-0.2, 0) is 11.3 Å². The summed E-state index contributed by atoms with van der Waals surface area (Å²) in [5.41, 5.74) is 1.23. The van der Waals surface area contributed by atoms with Crippen molar-refractivity contribution < 1.29 is 4.74 Å². The van der Waals surface area contributed by atoms with Crippen LogP contribution in [0.1, 0.15) is 18.4 Å². The first kappa shape index (κ1) is 17.2. The Kier molecular flexibility index (Phi) is 6.58. The van der Waals surface area contributed by atoms with Gasteiger partial charge in [0.05, 0.1) is 6.54 Å². The molecule has 0 aromatic heterocycles. The molecular formula is C17H27N3OS. The molecule has 1 aliphatic heterocycles. The minimum atomic E-state index is 0.266. The third-order valence-corrected chi connectivity index (χ3v) is 5.50. The number of nitrogens with zero attached hydrogens (tertiary/aromatic N) is 2. The van der Waals surface area contributed by atoms with Gasteiger partial charge in [0.15, 0.2) is 5.96 Å². The maximum atomic E-state index is 5.50. The molecule has 0 saturated carbocycles. The zero-order valence-electron chi connectivity index (χ0n) is 13.8. The molecule has 0 atom stereocenters. The zero-order chi connectivity index (χ0) is 15.8. The van der Waals surface area contributed by atoms with Gasteiger partial charge in [0.2, 0.25) is 0 Å². The summed E-state index contributed by atoms with van der Waals surface area (Å²) in [5.74, 6) is 0.948. The van der Waals surface area contributed by atoms with E-state index in [9.17, 15) is 0 Å². The fourth-order valence-electron chi connectivity index (χ4n) is 2.54. The third-order valence-electron chi connectivity index (χ3n) is 4.08. The number of hydrogen-bond acceptors (Lipinski definition) is 3. The quantitative estimate of drug-likeness (QED) is 0.668. The number of rotatable bonds is 5. The second-order valence-corrected chi connectivity index (χ2v) is 7.15. The lowest BCUT2D eigenvalue weighted by atomic mass is 9.99. The summed E-state index contributed by atoms with van der Waals surface area (Å²) in [5, 5.41) is 3.55. The molecule has 4 nitrogen and oxygen atoms in total. The Labute approximate surface area is 138 Å². The molecular weight excluding hydrogens is 294 g/mol. The number of ether oxygens (including phenoxy) is 1. The number of nitrogens with one attached hydrogen (secondary N) is 1. The Morgan fingerprint density at radius 1 is 1.27 bits per heavy atom. The smallest absolute Gasteiger partial charge is 0.193 e. The van der Waals surface area contributed by atoms with Crippen molar-refractivity contribution in [1.82, 2.24) is 10.2 Å². The van der Waals surface area contributed by atoms with Crippen LogP contribution in [0.15, 0.2) is 35.3 Å². The van der Waals surface area contributed by atoms with E-state index in [2.05, 4.69) is 40.7 Å². The van der Waals surface area contributed by atoms with Crippen LogP contribution < -0.4 is 5.32 Å². The highest BCUT2D eigenvalue weighted by Crippen LogP contribution is 2.32. The molecule has 1 fully saturated rings. The van der Waals surface area contributed by atoms with E-state index < -0.39 is 0 Å². The summed E-state index contributed by atoms with van der Waals surface area (Å²) in [6.07, 6.45) is 4.39. The summed E-state index contributed by atoms with van der Waals surface area (Å²) in [6, 6.07) is 10.4. The summed E-state index contributed by atoms with van der Waals surface area (Å²) in [4.78, 5) is 6.79. The lowest BCUT2D eigenvalue weighted by Gasteiger charge is -2.36. The Hall–Kier alpha value is -1.20. The van der Waals surface area contributed by atoms with Crippen molar-refractivity contribution in [3.8, 4) is 0 Å². The number of benzene rings is 1. The van der Waals surface area contributed by atoms with Crippen molar-refractivity contribution in [2.75, 3.05) is 40.1 Å². The number of guanidine groups is 1. The van der Waals surface area contributed by atoms with Crippen LogP contribution in [0.5, 0.6) is 0 Å². The van der Waals surface area contributed by atoms with Crippen molar-refractivity contribution in [3.05, 3.63) is 35.9 Å². The predicted molar refractivity (Wildman–Crippen MR) is 95.6 cm³/mol. The van der Waals surface area contributed by atoms with Crippen molar-refractivity contribution in [2.45, 2.75) is 24.1 Å². The maximum Gasteiger partial charge on any atom is 0.193 e. The SMILES string of the molecule is CSC1(CNC(=NCc2ccccc2)N(C)C)CCOCC1. The fourth-order valence-corrected chi connectivity index (χ4v) is 3.33. The summed E-state index contributed by atoms with van der Waals surface area (Å²) >= 11 is 1.95. The van der Waals surface area contributed by atoms with Crippen molar-refractivity contribution in [3.63, 3.8) is 0 Å². The molecule has 122 valence electrons. The molecule has 22 heavy (non-hydrogen) atoms. The van der Waals surface area contributed by atoms with Gasteiger partial charge in [-0.2, -0.15) is 11.8 Å². The van der Waals surface area contributed by atoms with Gasteiger partial charge in [-0.1, -0.05) is 30.3 Å². The van der Waals surface area contributed by atoms with E-state index in [4.69, 9.17) is 9.73 Å². The molecule has 0 bridgehead atoms. The first-order chi connectivity index (χ1) is 10.7. The summed E-state index contributed by atoms with van der Waals surface area (Å²) < 4.78 is 5.77. The predicted octanol–water partition coefficient (Wildman–Crippen LogP) is 2.61. The molecule has 1 aromatic rings. The highest BCUT2D eigenvalue weighted by atomic mass is 32.2. The molecule has 1 aromatic carbocycles. The molecule has 0 unspecified atom stereocenters. The van der Waals surface area contributed by atoms with Crippen LogP contribution in [0.2, 0.25) is 0 Å². The van der Waals surface area contributed by atoms with Crippen LogP contribution in [0, 0.1) is 0 Å². The van der Waals surface area contributed by atoms with Gasteiger partial charge in [-0.05, 0) is 24.7 Å². The van der Waals surface area contributed by atoms with Crippen molar-refractivity contribution in [1.29, 1.82) is 0 Å².